The van der Waals surface area contributed by atoms with Crippen LogP contribution in [0.4, 0.5) is 10.1 Å². The first-order valence-corrected chi connectivity index (χ1v) is 9.45. The quantitative estimate of drug-likeness (QED) is 0.674. The Kier molecular flexibility index (Phi) is 5.33. The predicted octanol–water partition coefficient (Wildman–Crippen LogP) is 3.08. The average molecular weight is 393 g/mol. The summed E-state index contributed by atoms with van der Waals surface area (Å²) < 4.78 is 13.0. The first-order valence-electron chi connectivity index (χ1n) is 9.45. The van der Waals surface area contributed by atoms with Crippen LogP contribution in [0.3, 0.4) is 0 Å². The van der Waals surface area contributed by atoms with Gasteiger partial charge in [0, 0.05) is 18.2 Å². The molecule has 1 aromatic heterocycles. The second-order valence-corrected chi connectivity index (χ2v) is 7.00. The highest BCUT2D eigenvalue weighted by atomic mass is 19.1. The zero-order valence-electron chi connectivity index (χ0n) is 15.6. The van der Waals surface area contributed by atoms with Crippen LogP contribution in [0, 0.1) is 11.7 Å². The van der Waals surface area contributed by atoms with E-state index in [4.69, 9.17) is 0 Å². The van der Waals surface area contributed by atoms with Crippen LogP contribution >= 0.6 is 0 Å². The fourth-order valence-electron chi connectivity index (χ4n) is 3.01. The first-order chi connectivity index (χ1) is 14.1. The molecule has 7 nitrogen and oxygen atoms in total. The molecule has 8 heteroatoms. The molecule has 2 N–H and O–H groups in total. The number of halogens is 1. The summed E-state index contributed by atoms with van der Waals surface area (Å²) in [4.78, 5) is 25.7. The van der Waals surface area contributed by atoms with Crippen molar-refractivity contribution < 1.29 is 14.0 Å². The van der Waals surface area contributed by atoms with Crippen molar-refractivity contribution in [2.45, 2.75) is 25.8 Å². The summed E-state index contributed by atoms with van der Waals surface area (Å²) in [5.41, 5.74) is 2.29. The summed E-state index contributed by atoms with van der Waals surface area (Å²) in [5, 5.41) is 13.9. The normalized spacial score (nSPS) is 13.6. The van der Waals surface area contributed by atoms with Crippen LogP contribution in [-0.2, 0) is 11.3 Å². The molecule has 1 aliphatic carbocycles. The van der Waals surface area contributed by atoms with Gasteiger partial charge in [-0.1, -0.05) is 18.6 Å². The molecule has 0 atom stereocenters. The van der Waals surface area contributed by atoms with E-state index in [1.807, 2.05) is 24.3 Å². The van der Waals surface area contributed by atoms with Crippen molar-refractivity contribution in [1.29, 1.82) is 0 Å². The van der Waals surface area contributed by atoms with E-state index in [9.17, 15) is 14.0 Å². The number of carbonyl (C=O) groups excluding carboxylic acids is 2. The summed E-state index contributed by atoms with van der Waals surface area (Å²) in [6.45, 7) is 0.287. The molecule has 29 heavy (non-hydrogen) atoms. The molecule has 4 rings (SSSR count). The Hall–Kier alpha value is -3.55. The lowest BCUT2D eigenvalue weighted by Crippen LogP contribution is -2.28. The van der Waals surface area contributed by atoms with Gasteiger partial charge in [-0.25, -0.2) is 4.39 Å². The van der Waals surface area contributed by atoms with Gasteiger partial charge in [-0.3, -0.25) is 9.59 Å². The van der Waals surface area contributed by atoms with E-state index < -0.39 is 0 Å². The molecular weight excluding hydrogens is 373 g/mol. The van der Waals surface area contributed by atoms with Crippen LogP contribution in [0.25, 0.3) is 5.69 Å². The van der Waals surface area contributed by atoms with Gasteiger partial charge in [-0.2, -0.15) is 9.90 Å². The molecule has 1 fully saturated rings. The molecule has 2 amide bonds. The van der Waals surface area contributed by atoms with Gasteiger partial charge in [-0.05, 0) is 54.8 Å². The monoisotopic (exact) mass is 393 g/mol. The minimum absolute atomic E-state index is 0.0508. The molecule has 2 aromatic carbocycles. The molecule has 0 unspecified atom stereocenters. The summed E-state index contributed by atoms with van der Waals surface area (Å²) >= 11 is 0. The molecule has 1 heterocycles. The molecule has 1 saturated carbocycles. The lowest BCUT2D eigenvalue weighted by atomic mass is 9.85. The molecule has 1 aliphatic rings. The number of aromatic nitrogens is 3. The second kappa shape index (κ2) is 8.22. The standard InChI is InChI=1S/C21H20FN5O2/c22-16-7-9-18(10-8-16)27-24-13-19(26-27)21(29)23-12-14-3-1-6-17(11-14)25-20(28)15-4-2-5-15/h1,3,6-11,13,15H,2,4-5,12H2,(H,23,29)(H,25,28). The van der Waals surface area contributed by atoms with Gasteiger partial charge in [0.25, 0.3) is 5.91 Å². The Labute approximate surface area is 166 Å². The Morgan fingerprint density at radius 2 is 1.93 bits per heavy atom. The molecular formula is C21H20FN5O2. The number of hydrogen-bond donors (Lipinski definition) is 2. The number of benzene rings is 2. The number of rotatable bonds is 6. The maximum absolute atomic E-state index is 13.0. The SMILES string of the molecule is O=C(NCc1cccc(NC(=O)C2CCC2)c1)c1cnn(-c2ccc(F)cc2)n1. The number of hydrogen-bond acceptors (Lipinski definition) is 4. The van der Waals surface area contributed by atoms with Crippen molar-refractivity contribution in [3.63, 3.8) is 0 Å². The van der Waals surface area contributed by atoms with Crippen LogP contribution < -0.4 is 10.6 Å². The summed E-state index contributed by atoms with van der Waals surface area (Å²) in [5.74, 6) is -0.566. The number of carbonyl (C=O) groups is 2. The third kappa shape index (κ3) is 4.48. The van der Waals surface area contributed by atoms with Gasteiger partial charge in [0.05, 0.1) is 11.9 Å². The van der Waals surface area contributed by atoms with Crippen LogP contribution in [0.2, 0.25) is 0 Å². The minimum Gasteiger partial charge on any atom is -0.347 e. The van der Waals surface area contributed by atoms with Crippen LogP contribution in [-0.4, -0.2) is 26.8 Å². The van der Waals surface area contributed by atoms with Gasteiger partial charge >= 0.3 is 0 Å². The third-order valence-corrected chi connectivity index (χ3v) is 4.91. The number of nitrogens with zero attached hydrogens (tertiary/aromatic N) is 3. The highest BCUT2D eigenvalue weighted by Crippen LogP contribution is 2.27. The van der Waals surface area contributed by atoms with Crippen LogP contribution in [0.15, 0.2) is 54.7 Å². The largest absolute Gasteiger partial charge is 0.347 e. The van der Waals surface area contributed by atoms with E-state index in [-0.39, 0.29) is 35.8 Å². The average Bonchev–Trinajstić information content (AvgIpc) is 3.16. The molecule has 3 aromatic rings. The van der Waals surface area contributed by atoms with Crippen molar-refractivity contribution in [3.05, 3.63) is 71.8 Å². The van der Waals surface area contributed by atoms with Gasteiger partial charge < -0.3 is 10.6 Å². The van der Waals surface area contributed by atoms with Crippen LogP contribution in [0.1, 0.15) is 35.3 Å². The van der Waals surface area contributed by atoms with E-state index in [2.05, 4.69) is 20.8 Å². The Morgan fingerprint density at radius 3 is 2.66 bits per heavy atom. The van der Waals surface area contributed by atoms with Crippen LogP contribution in [0.5, 0.6) is 0 Å². The summed E-state index contributed by atoms with van der Waals surface area (Å²) in [6.07, 6.45) is 4.35. The van der Waals surface area contributed by atoms with Crippen molar-refractivity contribution in [3.8, 4) is 5.69 Å². The van der Waals surface area contributed by atoms with Gasteiger partial charge in [0.2, 0.25) is 5.91 Å². The van der Waals surface area contributed by atoms with Gasteiger partial charge in [-0.15, -0.1) is 5.10 Å². The van der Waals surface area contributed by atoms with Crippen molar-refractivity contribution in [2.75, 3.05) is 5.32 Å². The fourth-order valence-corrected chi connectivity index (χ4v) is 3.01. The summed E-state index contributed by atoms with van der Waals surface area (Å²) in [6, 6.07) is 13.0. The maximum Gasteiger partial charge on any atom is 0.273 e. The highest BCUT2D eigenvalue weighted by Gasteiger charge is 2.25. The van der Waals surface area contributed by atoms with Gasteiger partial charge in [0.1, 0.15) is 5.82 Å². The Balaban J connectivity index is 1.35. The highest BCUT2D eigenvalue weighted by molar-refractivity contribution is 5.93. The van der Waals surface area contributed by atoms with E-state index >= 15 is 0 Å². The fraction of sp³-hybridized carbons (Fsp3) is 0.238. The van der Waals surface area contributed by atoms with E-state index in [0.717, 1.165) is 30.5 Å². The number of amides is 2. The Morgan fingerprint density at radius 1 is 1.14 bits per heavy atom. The number of nitrogens with one attached hydrogen (secondary N) is 2. The lowest BCUT2D eigenvalue weighted by molar-refractivity contribution is -0.122. The van der Waals surface area contributed by atoms with Crippen molar-refractivity contribution in [1.82, 2.24) is 20.3 Å². The maximum atomic E-state index is 13.0. The first kappa shape index (κ1) is 18.8. The van der Waals surface area contributed by atoms with Gasteiger partial charge in [0.15, 0.2) is 5.69 Å². The van der Waals surface area contributed by atoms with E-state index in [0.29, 0.717) is 5.69 Å². The molecule has 0 spiro atoms. The molecule has 0 aliphatic heterocycles. The predicted molar refractivity (Wildman–Crippen MR) is 105 cm³/mol. The third-order valence-electron chi connectivity index (χ3n) is 4.91. The van der Waals surface area contributed by atoms with E-state index in [1.54, 1.807) is 0 Å². The zero-order chi connectivity index (χ0) is 20.2. The molecule has 148 valence electrons. The second-order valence-electron chi connectivity index (χ2n) is 7.00. The molecule has 0 radical (unpaired) electrons. The molecule has 0 bridgehead atoms. The minimum atomic E-state index is -0.373. The topological polar surface area (TPSA) is 88.9 Å². The number of anilines is 1. The van der Waals surface area contributed by atoms with Crippen molar-refractivity contribution >= 4 is 17.5 Å². The smallest absolute Gasteiger partial charge is 0.273 e. The van der Waals surface area contributed by atoms with Crippen molar-refractivity contribution in [2.24, 2.45) is 5.92 Å². The summed E-state index contributed by atoms with van der Waals surface area (Å²) in [7, 11) is 0. The Bertz CT molecular complexity index is 1030. The lowest BCUT2D eigenvalue weighted by Gasteiger charge is -2.24. The zero-order valence-corrected chi connectivity index (χ0v) is 15.6. The molecule has 0 saturated heterocycles. The van der Waals surface area contributed by atoms with E-state index in [1.165, 1.54) is 35.3 Å².